The number of H-pyrrole nitrogens is 1. The molecule has 0 spiro atoms. The van der Waals surface area contributed by atoms with E-state index < -0.39 is 5.95 Å². The number of pyridine rings is 1. The Balaban J connectivity index is 1.48. The lowest BCUT2D eigenvalue weighted by Crippen LogP contribution is -2.01. The average molecular weight is 367 g/mol. The van der Waals surface area contributed by atoms with E-state index in [0.717, 1.165) is 34.3 Å². The minimum Gasteiger partial charge on any atom is -0.346 e. The third kappa shape index (κ3) is 3.58. The first-order valence-electron chi connectivity index (χ1n) is 8.34. The van der Waals surface area contributed by atoms with Gasteiger partial charge in [0.25, 0.3) is 0 Å². The maximum absolute atomic E-state index is 14.5. The van der Waals surface area contributed by atoms with Gasteiger partial charge in [-0.25, -0.2) is 15.0 Å². The molecule has 0 amide bonds. The van der Waals surface area contributed by atoms with Gasteiger partial charge >= 0.3 is 0 Å². The molecule has 3 heterocycles. The molecule has 1 aromatic carbocycles. The molecule has 0 aliphatic carbocycles. The highest BCUT2D eigenvalue weighted by Crippen LogP contribution is 2.20. The van der Waals surface area contributed by atoms with Crippen LogP contribution in [0.3, 0.4) is 0 Å². The molecular formula is C20H16ClFN4. The number of hydrogen-bond donors (Lipinski definition) is 1. The predicted molar refractivity (Wildman–Crippen MR) is 99.7 cm³/mol. The van der Waals surface area contributed by atoms with Gasteiger partial charge < -0.3 is 4.98 Å². The van der Waals surface area contributed by atoms with Gasteiger partial charge in [0.05, 0.1) is 0 Å². The van der Waals surface area contributed by atoms with Gasteiger partial charge in [0.15, 0.2) is 0 Å². The molecule has 0 radical (unpaired) electrons. The van der Waals surface area contributed by atoms with Crippen LogP contribution in [-0.2, 0) is 19.3 Å². The highest BCUT2D eigenvalue weighted by atomic mass is 35.5. The van der Waals surface area contributed by atoms with E-state index in [1.54, 1.807) is 6.20 Å². The van der Waals surface area contributed by atoms with Gasteiger partial charge in [0.1, 0.15) is 12.0 Å². The molecule has 4 nitrogen and oxygen atoms in total. The third-order valence-corrected chi connectivity index (χ3v) is 4.64. The second kappa shape index (κ2) is 7.22. The van der Waals surface area contributed by atoms with Crippen molar-refractivity contribution in [3.8, 4) is 0 Å². The predicted octanol–water partition coefficient (Wildman–Crippen LogP) is 4.52. The fourth-order valence-corrected chi connectivity index (χ4v) is 3.09. The first-order chi connectivity index (χ1) is 12.7. The van der Waals surface area contributed by atoms with E-state index in [9.17, 15) is 4.39 Å². The van der Waals surface area contributed by atoms with Crippen LogP contribution in [0.1, 0.15) is 22.4 Å². The van der Waals surface area contributed by atoms with Crippen LogP contribution in [0.5, 0.6) is 0 Å². The van der Waals surface area contributed by atoms with Gasteiger partial charge in [-0.2, -0.15) is 4.39 Å². The summed E-state index contributed by atoms with van der Waals surface area (Å²) in [6.45, 7) is 0. The molecule has 3 aromatic heterocycles. The zero-order valence-corrected chi connectivity index (χ0v) is 14.7. The number of benzene rings is 1. The zero-order chi connectivity index (χ0) is 17.9. The topological polar surface area (TPSA) is 54.5 Å². The minimum absolute atomic E-state index is 0.426. The number of halogens is 2. The van der Waals surface area contributed by atoms with Crippen molar-refractivity contribution in [2.45, 2.75) is 19.3 Å². The summed E-state index contributed by atoms with van der Waals surface area (Å²) in [4.78, 5) is 15.4. The highest BCUT2D eigenvalue weighted by Gasteiger charge is 2.10. The Bertz CT molecular complexity index is 1040. The van der Waals surface area contributed by atoms with E-state index in [4.69, 9.17) is 11.6 Å². The van der Waals surface area contributed by atoms with Crippen LogP contribution in [0, 0.1) is 5.95 Å². The smallest absolute Gasteiger partial charge is 0.216 e. The molecule has 0 atom stereocenters. The molecule has 130 valence electrons. The van der Waals surface area contributed by atoms with Crippen LogP contribution >= 0.6 is 11.6 Å². The summed E-state index contributed by atoms with van der Waals surface area (Å²) in [7, 11) is 0. The monoisotopic (exact) mass is 366 g/mol. The number of aryl methyl sites for hydroxylation is 2. The Hall–Kier alpha value is -2.79. The van der Waals surface area contributed by atoms with Crippen LogP contribution < -0.4 is 0 Å². The van der Waals surface area contributed by atoms with Crippen molar-refractivity contribution in [3.63, 3.8) is 0 Å². The van der Waals surface area contributed by atoms with E-state index in [1.807, 2.05) is 42.6 Å². The van der Waals surface area contributed by atoms with Gasteiger partial charge in [-0.15, -0.1) is 0 Å². The Morgan fingerprint density at radius 1 is 1.00 bits per heavy atom. The van der Waals surface area contributed by atoms with Crippen LogP contribution in [0.4, 0.5) is 4.39 Å². The Kier molecular flexibility index (Phi) is 4.63. The normalized spacial score (nSPS) is 11.2. The van der Waals surface area contributed by atoms with Crippen LogP contribution in [0.25, 0.3) is 11.0 Å². The summed E-state index contributed by atoms with van der Waals surface area (Å²) in [5, 5.41) is 1.61. The van der Waals surface area contributed by atoms with Crippen molar-refractivity contribution >= 4 is 22.6 Å². The quantitative estimate of drug-likeness (QED) is 0.528. The van der Waals surface area contributed by atoms with E-state index in [1.165, 1.54) is 6.33 Å². The molecule has 0 unspecified atom stereocenters. The maximum atomic E-state index is 14.5. The Labute approximate surface area is 155 Å². The van der Waals surface area contributed by atoms with Gasteiger partial charge in [-0.05, 0) is 42.2 Å². The van der Waals surface area contributed by atoms with Crippen molar-refractivity contribution in [1.29, 1.82) is 0 Å². The molecule has 1 N–H and O–H groups in total. The van der Waals surface area contributed by atoms with Crippen LogP contribution in [0.15, 0.2) is 55.1 Å². The fourth-order valence-electron chi connectivity index (χ4n) is 2.96. The van der Waals surface area contributed by atoms with Crippen LogP contribution in [0.2, 0.25) is 5.02 Å². The molecule has 0 fully saturated rings. The van der Waals surface area contributed by atoms with Gasteiger partial charge in [-0.3, -0.25) is 0 Å². The summed E-state index contributed by atoms with van der Waals surface area (Å²) in [6, 6.07) is 11.4. The first kappa shape index (κ1) is 16.7. The number of aromatic nitrogens is 4. The van der Waals surface area contributed by atoms with Gasteiger partial charge in [-0.1, -0.05) is 29.8 Å². The lowest BCUT2D eigenvalue weighted by atomic mass is 10.0. The molecule has 0 bridgehead atoms. The first-order valence-corrected chi connectivity index (χ1v) is 8.71. The molecule has 0 aliphatic heterocycles. The lowest BCUT2D eigenvalue weighted by molar-refractivity contribution is 0.563. The number of nitrogens with one attached hydrogen (secondary N) is 1. The molecule has 4 aromatic rings. The van der Waals surface area contributed by atoms with E-state index in [-0.39, 0.29) is 0 Å². The zero-order valence-electron chi connectivity index (χ0n) is 13.9. The number of fused-ring (bicyclic) bond motifs is 1. The second-order valence-corrected chi connectivity index (χ2v) is 6.59. The maximum Gasteiger partial charge on any atom is 0.216 e. The Morgan fingerprint density at radius 3 is 2.65 bits per heavy atom. The van der Waals surface area contributed by atoms with Crippen LogP contribution in [-0.4, -0.2) is 19.9 Å². The largest absolute Gasteiger partial charge is 0.346 e. The fraction of sp³-hybridized carbons (Fsp3) is 0.150. The summed E-state index contributed by atoms with van der Waals surface area (Å²) in [5.74, 6) is -0.426. The highest BCUT2D eigenvalue weighted by molar-refractivity contribution is 6.30. The summed E-state index contributed by atoms with van der Waals surface area (Å²) < 4.78 is 14.5. The molecule has 0 saturated carbocycles. The van der Waals surface area contributed by atoms with Crippen molar-refractivity contribution in [2.24, 2.45) is 0 Å². The molecule has 26 heavy (non-hydrogen) atoms. The second-order valence-electron chi connectivity index (χ2n) is 6.15. The molecular weight excluding hydrogens is 351 g/mol. The molecule has 4 rings (SSSR count). The van der Waals surface area contributed by atoms with Crippen molar-refractivity contribution in [1.82, 2.24) is 19.9 Å². The average Bonchev–Trinajstić information content (AvgIpc) is 3.06. The number of hydrogen-bond acceptors (Lipinski definition) is 3. The number of aromatic amines is 1. The van der Waals surface area contributed by atoms with Crippen molar-refractivity contribution in [3.05, 3.63) is 88.5 Å². The van der Waals surface area contributed by atoms with Gasteiger partial charge in [0, 0.05) is 40.5 Å². The van der Waals surface area contributed by atoms with Crippen molar-refractivity contribution in [2.75, 3.05) is 0 Å². The number of rotatable bonds is 5. The molecule has 0 aliphatic rings. The Morgan fingerprint density at radius 2 is 1.85 bits per heavy atom. The summed E-state index contributed by atoms with van der Waals surface area (Å²) in [6.07, 6.45) is 6.99. The minimum atomic E-state index is -0.426. The summed E-state index contributed by atoms with van der Waals surface area (Å²) in [5.41, 5.74) is 4.16. The van der Waals surface area contributed by atoms with E-state index in [2.05, 4.69) is 19.9 Å². The van der Waals surface area contributed by atoms with E-state index in [0.29, 0.717) is 23.4 Å². The van der Waals surface area contributed by atoms with E-state index >= 15 is 0 Å². The molecule has 0 saturated heterocycles. The van der Waals surface area contributed by atoms with Gasteiger partial charge in [0.2, 0.25) is 5.95 Å². The SMILES string of the molecule is Fc1nc(CCc2ccc(Cl)cc2)ccc1Cc1c[nH]c2ncncc12. The summed E-state index contributed by atoms with van der Waals surface area (Å²) >= 11 is 5.89. The van der Waals surface area contributed by atoms with Crippen molar-refractivity contribution < 1.29 is 4.39 Å². The number of nitrogens with zero attached hydrogens (tertiary/aromatic N) is 3. The molecule has 6 heteroatoms. The standard InChI is InChI=1S/C20H16ClFN4/c21-16-5-1-13(2-6-16)3-7-17-8-4-14(19(22)26-17)9-15-10-24-20-18(15)11-23-12-25-20/h1-2,4-6,8,10-12H,3,7,9H2,(H,23,24,25). The third-order valence-electron chi connectivity index (χ3n) is 4.39. The lowest BCUT2D eigenvalue weighted by Gasteiger charge is -2.06.